The van der Waals surface area contributed by atoms with Crippen molar-refractivity contribution in [1.29, 1.82) is 0 Å². The van der Waals surface area contributed by atoms with Crippen LogP contribution in [-0.2, 0) is 0 Å². The molecule has 0 nitrogen and oxygen atoms in total. The van der Waals surface area contributed by atoms with Crippen molar-refractivity contribution in [3.63, 3.8) is 0 Å². The monoisotopic (exact) mass is 284 g/mol. The van der Waals surface area contributed by atoms with Gasteiger partial charge in [0.2, 0.25) is 0 Å². The van der Waals surface area contributed by atoms with E-state index in [1.54, 1.807) is 0 Å². The summed E-state index contributed by atoms with van der Waals surface area (Å²) in [6.07, 6.45) is 2.28. The Balaban J connectivity index is 0.000000576. The molecule has 0 saturated carbocycles. The maximum atomic E-state index is 6.40. The summed E-state index contributed by atoms with van der Waals surface area (Å²) >= 11 is 6.40. The van der Waals surface area contributed by atoms with Crippen LogP contribution in [0.25, 0.3) is 0 Å². The third-order valence-corrected chi connectivity index (χ3v) is 4.99. The predicted octanol–water partition coefficient (Wildman–Crippen LogP) is 1.90. The summed E-state index contributed by atoms with van der Waals surface area (Å²) in [7, 11) is -0.699. The van der Waals surface area contributed by atoms with Crippen LogP contribution in [0.4, 0.5) is 0 Å². The molecule has 2 aromatic rings. The molecule has 0 saturated heterocycles. The fourth-order valence-electron chi connectivity index (χ4n) is 1.27. The Labute approximate surface area is 135 Å². The average Bonchev–Trinajstić information content (AvgIpc) is 2.48. The van der Waals surface area contributed by atoms with E-state index >= 15 is 0 Å². The van der Waals surface area contributed by atoms with Crippen molar-refractivity contribution < 1.29 is 18.9 Å². The molecule has 96 valence electrons. The maximum absolute atomic E-state index is 6.40. The summed E-state index contributed by atoms with van der Waals surface area (Å²) in [6, 6.07) is 20.4. The van der Waals surface area contributed by atoms with Crippen LogP contribution in [0.2, 0.25) is 0 Å². The number of rotatable bonds is 3. The molecule has 0 fully saturated rings. The smallest absolute Gasteiger partial charge is 0.343 e. The quantitative estimate of drug-likeness (QED) is 0.459. The first kappa shape index (κ1) is 18.8. The number of halogens is 1. The summed E-state index contributed by atoms with van der Waals surface area (Å²) in [5, 5.41) is 2.41. The van der Waals surface area contributed by atoms with E-state index in [0.29, 0.717) is 0 Å². The van der Waals surface area contributed by atoms with Gasteiger partial charge < -0.3 is 6.92 Å². The number of hydrogen-bond donors (Lipinski definition) is 0. The van der Waals surface area contributed by atoms with Crippen molar-refractivity contribution in [3.8, 4) is 0 Å². The summed E-state index contributed by atoms with van der Waals surface area (Å²) < 4.78 is 0. The second-order valence-electron chi connectivity index (χ2n) is 3.81. The molecule has 0 spiro atoms. The van der Waals surface area contributed by atoms with Crippen LogP contribution in [0.3, 0.4) is 0 Å². The molecule has 0 atom stereocenters. The van der Waals surface area contributed by atoms with Crippen LogP contribution in [0, 0.1) is 6.92 Å². The fraction of sp³-hybridized carbons (Fsp3) is 0.188. The molecule has 19 heavy (non-hydrogen) atoms. The van der Waals surface area contributed by atoms with E-state index in [2.05, 4.69) is 38.1 Å². The number of unbranched alkanes of at least 4 members (excludes halogenated alkanes) is 1. The van der Waals surface area contributed by atoms with E-state index in [-0.39, 0.29) is 18.9 Å². The molecule has 0 unspecified atom stereocenters. The van der Waals surface area contributed by atoms with Gasteiger partial charge in [-0.05, 0) is 10.6 Å². The molecule has 0 heterocycles. The molecule has 2 rings (SSSR count). The van der Waals surface area contributed by atoms with Crippen LogP contribution in [0.5, 0.6) is 0 Å². The van der Waals surface area contributed by atoms with E-state index < -0.39 is 7.27 Å². The van der Waals surface area contributed by atoms with Gasteiger partial charge in [-0.1, -0.05) is 85.2 Å². The Morgan fingerprint density at radius 1 is 0.895 bits per heavy atom. The molecule has 0 radical (unpaired) electrons. The zero-order chi connectivity index (χ0) is 13.2. The zero-order valence-electron chi connectivity index (χ0n) is 11.7. The molecule has 0 amide bonds. The van der Waals surface area contributed by atoms with Gasteiger partial charge in [0.15, 0.2) is 0 Å². The Morgan fingerprint density at radius 3 is 1.47 bits per heavy atom. The Bertz CT molecular complexity index is 378. The average molecular weight is 285 g/mol. The molecular weight excluding hydrogens is 266 g/mol. The minimum absolute atomic E-state index is 0. The van der Waals surface area contributed by atoms with Crippen LogP contribution in [-0.4, -0.2) is 0 Å². The van der Waals surface area contributed by atoms with Crippen molar-refractivity contribution in [3.05, 3.63) is 67.6 Å². The summed E-state index contributed by atoms with van der Waals surface area (Å²) in [5.41, 5.74) is 0. The Morgan fingerprint density at radius 2 is 1.21 bits per heavy atom. The second-order valence-corrected chi connectivity index (χ2v) is 6.41. The van der Waals surface area contributed by atoms with E-state index in [1.807, 2.05) is 36.4 Å². The SMILES string of the molecule is ClP(c1ccccc1)c1ccccc1.[CH2-]CCC.[Li+]. The largest absolute Gasteiger partial charge is 1.00 e. The van der Waals surface area contributed by atoms with Gasteiger partial charge in [0.25, 0.3) is 0 Å². The minimum Gasteiger partial charge on any atom is -0.343 e. The van der Waals surface area contributed by atoms with Crippen LogP contribution in [0.1, 0.15) is 19.8 Å². The second kappa shape index (κ2) is 11.6. The van der Waals surface area contributed by atoms with Gasteiger partial charge in [-0.15, -0.1) is 0 Å². The summed E-state index contributed by atoms with van der Waals surface area (Å²) in [5.74, 6) is 0. The maximum Gasteiger partial charge on any atom is 1.00 e. The standard InChI is InChI=1S/C12H10ClP.C4H9.Li/c13-14(11-7-3-1-4-8-11)12-9-5-2-6-10-12;1-3-4-2;/h1-10H;1,3-4H2,2H3;/q;-1;+1. The van der Waals surface area contributed by atoms with Gasteiger partial charge in [0.05, 0.1) is 7.27 Å². The number of benzene rings is 2. The van der Waals surface area contributed by atoms with E-state index in [4.69, 9.17) is 11.2 Å². The van der Waals surface area contributed by atoms with Gasteiger partial charge in [-0.3, -0.25) is 0 Å². The molecule has 2 aromatic carbocycles. The van der Waals surface area contributed by atoms with Gasteiger partial charge in [-0.2, -0.15) is 6.42 Å². The van der Waals surface area contributed by atoms with E-state index in [9.17, 15) is 0 Å². The number of hydrogen-bond acceptors (Lipinski definition) is 0. The molecular formula is C16H19ClLiP. The molecule has 0 aromatic heterocycles. The van der Waals surface area contributed by atoms with Crippen LogP contribution >= 0.6 is 18.5 Å². The molecule has 0 aliphatic carbocycles. The third kappa shape index (κ3) is 7.19. The fourth-order valence-corrected chi connectivity index (χ4v) is 3.11. The minimum atomic E-state index is -0.699. The molecule has 0 N–H and O–H groups in total. The normalized spacial score (nSPS) is 9.26. The molecule has 0 bridgehead atoms. The van der Waals surface area contributed by atoms with Gasteiger partial charge in [0.1, 0.15) is 0 Å². The molecule has 0 aliphatic heterocycles. The van der Waals surface area contributed by atoms with Crippen molar-refractivity contribution >= 4 is 29.1 Å². The predicted molar refractivity (Wildman–Crippen MR) is 85.2 cm³/mol. The van der Waals surface area contributed by atoms with E-state index in [0.717, 1.165) is 6.42 Å². The molecule has 3 heteroatoms. The van der Waals surface area contributed by atoms with E-state index in [1.165, 1.54) is 17.0 Å². The third-order valence-electron chi connectivity index (χ3n) is 2.32. The van der Waals surface area contributed by atoms with Crippen molar-refractivity contribution in [2.75, 3.05) is 0 Å². The van der Waals surface area contributed by atoms with Crippen molar-refractivity contribution in [2.24, 2.45) is 0 Å². The molecule has 0 aliphatic rings. The Kier molecular flexibility index (Phi) is 11.4. The van der Waals surface area contributed by atoms with Gasteiger partial charge >= 0.3 is 18.9 Å². The van der Waals surface area contributed by atoms with Crippen LogP contribution in [0.15, 0.2) is 60.7 Å². The van der Waals surface area contributed by atoms with Gasteiger partial charge in [-0.25, -0.2) is 0 Å². The first-order chi connectivity index (χ1) is 8.79. The Hall–Kier alpha value is -0.243. The first-order valence-electron chi connectivity index (χ1n) is 6.14. The summed E-state index contributed by atoms with van der Waals surface area (Å²) in [6.45, 7) is 5.72. The topological polar surface area (TPSA) is 0 Å². The zero-order valence-corrected chi connectivity index (χ0v) is 13.4. The van der Waals surface area contributed by atoms with Gasteiger partial charge in [0, 0.05) is 0 Å². The van der Waals surface area contributed by atoms with Crippen LogP contribution < -0.4 is 29.5 Å². The first-order valence-corrected chi connectivity index (χ1v) is 8.39. The van der Waals surface area contributed by atoms with Crippen molar-refractivity contribution in [2.45, 2.75) is 19.8 Å². The summed E-state index contributed by atoms with van der Waals surface area (Å²) in [4.78, 5) is 0. The van der Waals surface area contributed by atoms with Crippen molar-refractivity contribution in [1.82, 2.24) is 0 Å².